The number of nitrogens with one attached hydrogen (secondary N) is 1. The number of aromatic nitrogens is 2. The van der Waals surface area contributed by atoms with E-state index >= 15 is 0 Å². The molecule has 88 valence electrons. The van der Waals surface area contributed by atoms with E-state index in [4.69, 9.17) is 9.84 Å². The minimum Gasteiger partial charge on any atom is -0.475 e. The zero-order valence-electron chi connectivity index (χ0n) is 9.44. The van der Waals surface area contributed by atoms with Crippen LogP contribution >= 0.6 is 0 Å². The Balaban J connectivity index is 2.14. The van der Waals surface area contributed by atoms with Gasteiger partial charge in [-0.05, 0) is 19.8 Å². The molecule has 0 spiro atoms. The summed E-state index contributed by atoms with van der Waals surface area (Å²) in [5.41, 5.74) is 0. The van der Waals surface area contributed by atoms with E-state index in [2.05, 4.69) is 15.3 Å². The van der Waals surface area contributed by atoms with Crippen molar-refractivity contribution in [2.24, 2.45) is 0 Å². The SMILES string of the molecule is CCNc1cc(OCCO)nc(C2CC2)n1. The maximum atomic E-state index is 8.71. The van der Waals surface area contributed by atoms with Crippen molar-refractivity contribution in [2.45, 2.75) is 25.7 Å². The lowest BCUT2D eigenvalue weighted by Crippen LogP contribution is -2.08. The smallest absolute Gasteiger partial charge is 0.218 e. The first-order chi connectivity index (χ1) is 7.83. The molecule has 1 aromatic rings. The molecule has 5 nitrogen and oxygen atoms in total. The summed E-state index contributed by atoms with van der Waals surface area (Å²) < 4.78 is 5.32. The van der Waals surface area contributed by atoms with Crippen LogP contribution in [0.2, 0.25) is 0 Å². The summed E-state index contributed by atoms with van der Waals surface area (Å²) in [5, 5.41) is 11.9. The molecule has 0 unspecified atom stereocenters. The van der Waals surface area contributed by atoms with Crippen LogP contribution in [-0.2, 0) is 0 Å². The zero-order chi connectivity index (χ0) is 11.4. The first-order valence-electron chi connectivity index (χ1n) is 5.70. The molecule has 0 amide bonds. The highest BCUT2D eigenvalue weighted by molar-refractivity contribution is 5.39. The monoisotopic (exact) mass is 223 g/mol. The van der Waals surface area contributed by atoms with Gasteiger partial charge in [-0.2, -0.15) is 4.98 Å². The van der Waals surface area contributed by atoms with Crippen LogP contribution in [0.15, 0.2) is 6.07 Å². The van der Waals surface area contributed by atoms with Crippen LogP contribution in [0.5, 0.6) is 5.88 Å². The van der Waals surface area contributed by atoms with Gasteiger partial charge in [0.2, 0.25) is 5.88 Å². The van der Waals surface area contributed by atoms with Gasteiger partial charge in [0.15, 0.2) is 0 Å². The van der Waals surface area contributed by atoms with E-state index in [9.17, 15) is 0 Å². The fourth-order valence-corrected chi connectivity index (χ4v) is 1.46. The molecule has 1 heterocycles. The highest BCUT2D eigenvalue weighted by Gasteiger charge is 2.27. The van der Waals surface area contributed by atoms with Gasteiger partial charge in [-0.15, -0.1) is 0 Å². The Labute approximate surface area is 94.9 Å². The van der Waals surface area contributed by atoms with Gasteiger partial charge in [0.05, 0.1) is 6.61 Å². The lowest BCUT2D eigenvalue weighted by atomic mass is 10.4. The third kappa shape index (κ3) is 2.82. The van der Waals surface area contributed by atoms with Crippen LogP contribution in [0.4, 0.5) is 5.82 Å². The van der Waals surface area contributed by atoms with Crippen LogP contribution < -0.4 is 10.1 Å². The largest absolute Gasteiger partial charge is 0.475 e. The second-order valence-corrected chi connectivity index (χ2v) is 3.83. The molecule has 1 fully saturated rings. The van der Waals surface area contributed by atoms with E-state index in [-0.39, 0.29) is 13.2 Å². The molecule has 0 atom stereocenters. The summed E-state index contributed by atoms with van der Waals surface area (Å²) in [4.78, 5) is 8.76. The molecular formula is C11H17N3O2. The first kappa shape index (κ1) is 11.1. The van der Waals surface area contributed by atoms with Gasteiger partial charge in [0.25, 0.3) is 0 Å². The number of hydrogen-bond acceptors (Lipinski definition) is 5. The van der Waals surface area contributed by atoms with Crippen LogP contribution in [0.3, 0.4) is 0 Å². The van der Waals surface area contributed by atoms with E-state index in [0.717, 1.165) is 31.0 Å². The van der Waals surface area contributed by atoms with Crippen molar-refractivity contribution in [3.63, 3.8) is 0 Å². The van der Waals surface area contributed by atoms with Gasteiger partial charge in [-0.25, -0.2) is 4.98 Å². The summed E-state index contributed by atoms with van der Waals surface area (Å²) in [5.74, 6) is 2.69. The van der Waals surface area contributed by atoms with Gasteiger partial charge in [-0.3, -0.25) is 0 Å². The van der Waals surface area contributed by atoms with Crippen molar-refractivity contribution in [1.82, 2.24) is 9.97 Å². The molecule has 0 bridgehead atoms. The molecule has 0 aliphatic heterocycles. The standard InChI is InChI=1S/C11H17N3O2/c1-2-12-9-7-10(16-6-5-15)14-11(13-9)8-3-4-8/h7-8,15H,2-6H2,1H3,(H,12,13,14). The Morgan fingerprint density at radius 2 is 2.31 bits per heavy atom. The van der Waals surface area contributed by atoms with Crippen molar-refractivity contribution < 1.29 is 9.84 Å². The molecule has 2 N–H and O–H groups in total. The fraction of sp³-hybridized carbons (Fsp3) is 0.636. The Kier molecular flexibility index (Phi) is 3.56. The molecule has 1 aromatic heterocycles. The number of anilines is 1. The third-order valence-corrected chi connectivity index (χ3v) is 2.36. The van der Waals surface area contributed by atoms with E-state index in [1.807, 2.05) is 6.92 Å². The van der Waals surface area contributed by atoms with Crippen molar-refractivity contribution in [3.05, 3.63) is 11.9 Å². The quantitative estimate of drug-likeness (QED) is 0.757. The molecule has 5 heteroatoms. The summed E-state index contributed by atoms with van der Waals surface area (Å²) >= 11 is 0. The lowest BCUT2D eigenvalue weighted by Gasteiger charge is -2.08. The maximum Gasteiger partial charge on any atom is 0.218 e. The van der Waals surface area contributed by atoms with Crippen LogP contribution in [0, 0.1) is 0 Å². The molecule has 1 aliphatic carbocycles. The molecule has 0 aromatic carbocycles. The lowest BCUT2D eigenvalue weighted by molar-refractivity contribution is 0.196. The van der Waals surface area contributed by atoms with Gasteiger partial charge in [-0.1, -0.05) is 0 Å². The highest BCUT2D eigenvalue weighted by atomic mass is 16.5. The average molecular weight is 223 g/mol. The van der Waals surface area contributed by atoms with Gasteiger partial charge < -0.3 is 15.2 Å². The van der Waals surface area contributed by atoms with Gasteiger partial charge in [0, 0.05) is 18.5 Å². The van der Waals surface area contributed by atoms with E-state index < -0.39 is 0 Å². The molecule has 0 saturated heterocycles. The second-order valence-electron chi connectivity index (χ2n) is 3.83. The predicted molar refractivity (Wildman–Crippen MR) is 60.8 cm³/mol. The summed E-state index contributed by atoms with van der Waals surface area (Å²) in [6.45, 7) is 3.11. The van der Waals surface area contributed by atoms with E-state index in [0.29, 0.717) is 11.8 Å². The number of hydrogen-bond donors (Lipinski definition) is 2. The molecule has 16 heavy (non-hydrogen) atoms. The summed E-state index contributed by atoms with van der Waals surface area (Å²) in [6.07, 6.45) is 2.32. The van der Waals surface area contributed by atoms with Crippen molar-refractivity contribution >= 4 is 5.82 Å². The minimum atomic E-state index is -0.000690. The predicted octanol–water partition coefficient (Wildman–Crippen LogP) is 1.16. The Hall–Kier alpha value is -1.36. The molecule has 1 saturated carbocycles. The second kappa shape index (κ2) is 5.12. The molecule has 2 rings (SSSR count). The normalized spacial score (nSPS) is 14.9. The third-order valence-electron chi connectivity index (χ3n) is 2.36. The van der Waals surface area contributed by atoms with Crippen LogP contribution in [-0.4, -0.2) is 34.8 Å². The maximum absolute atomic E-state index is 8.71. The number of ether oxygens (including phenoxy) is 1. The Bertz CT molecular complexity index is 353. The van der Waals surface area contributed by atoms with Crippen LogP contribution in [0.25, 0.3) is 0 Å². The van der Waals surface area contributed by atoms with Crippen molar-refractivity contribution in [2.75, 3.05) is 25.1 Å². The van der Waals surface area contributed by atoms with Crippen molar-refractivity contribution in [3.8, 4) is 5.88 Å². The highest BCUT2D eigenvalue weighted by Crippen LogP contribution is 2.39. The number of nitrogens with zero attached hydrogens (tertiary/aromatic N) is 2. The zero-order valence-corrected chi connectivity index (χ0v) is 9.44. The molecule has 0 radical (unpaired) electrons. The Morgan fingerprint density at radius 3 is 2.94 bits per heavy atom. The topological polar surface area (TPSA) is 67.3 Å². The molecule has 1 aliphatic rings. The van der Waals surface area contributed by atoms with Gasteiger partial charge in [0.1, 0.15) is 18.2 Å². The Morgan fingerprint density at radius 1 is 1.50 bits per heavy atom. The molecular weight excluding hydrogens is 206 g/mol. The first-order valence-corrected chi connectivity index (χ1v) is 5.70. The average Bonchev–Trinajstić information content (AvgIpc) is 3.10. The summed E-state index contributed by atoms with van der Waals surface area (Å²) in [6, 6.07) is 1.77. The number of rotatable bonds is 6. The van der Waals surface area contributed by atoms with E-state index in [1.165, 1.54) is 0 Å². The van der Waals surface area contributed by atoms with E-state index in [1.54, 1.807) is 6.07 Å². The fourth-order valence-electron chi connectivity index (χ4n) is 1.46. The number of aliphatic hydroxyl groups is 1. The number of aliphatic hydroxyl groups excluding tert-OH is 1. The minimum absolute atomic E-state index is 0.000690. The van der Waals surface area contributed by atoms with Crippen molar-refractivity contribution in [1.29, 1.82) is 0 Å². The van der Waals surface area contributed by atoms with Gasteiger partial charge >= 0.3 is 0 Å². The van der Waals surface area contributed by atoms with Crippen LogP contribution in [0.1, 0.15) is 31.5 Å². The summed E-state index contributed by atoms with van der Waals surface area (Å²) in [7, 11) is 0.